The second-order valence-corrected chi connectivity index (χ2v) is 2.10. The van der Waals surface area contributed by atoms with E-state index in [0.717, 1.165) is 0 Å². The number of hydrogen-bond donors (Lipinski definition) is 1. The number of phenols is 1. The maximum absolute atomic E-state index is 10.7. The molecular weight excluding hydrogens is 164 g/mol. The number of benzene rings is 1. The molecule has 2 nitrogen and oxygen atoms in total. The second kappa shape index (κ2) is 3.98. The molecule has 0 amide bonds. The van der Waals surface area contributed by atoms with E-state index in [1.165, 1.54) is 19.1 Å². The Balaban J connectivity index is 0.000001000. The molecule has 0 atom stereocenters. The van der Waals surface area contributed by atoms with Gasteiger partial charge in [0, 0.05) is 5.56 Å². The van der Waals surface area contributed by atoms with E-state index in [9.17, 15) is 4.79 Å². The lowest BCUT2D eigenvalue weighted by atomic mass is 10.1. The van der Waals surface area contributed by atoms with Crippen molar-refractivity contribution in [2.24, 2.45) is 0 Å². The van der Waals surface area contributed by atoms with Gasteiger partial charge in [0.2, 0.25) is 0 Å². The van der Waals surface area contributed by atoms with Crippen LogP contribution in [0.1, 0.15) is 17.3 Å². The molecule has 0 aliphatic carbocycles. The Bertz CT molecular complexity index is 241. The number of Topliss-reactive ketones (excluding diaryl/α,β-unsaturated/α-hetero) is 1. The van der Waals surface area contributed by atoms with E-state index in [1.807, 2.05) is 0 Å². The third-order valence-corrected chi connectivity index (χ3v) is 1.27. The smallest absolute Gasteiger partial charge is 0.159 e. The Kier molecular flexibility index (Phi) is 3.61. The van der Waals surface area contributed by atoms with Crippen LogP contribution in [0, 0.1) is 0 Å². The molecule has 0 heterocycles. The van der Waals surface area contributed by atoms with Crippen molar-refractivity contribution >= 4 is 18.2 Å². The lowest BCUT2D eigenvalue weighted by Gasteiger charge is -1.93. The van der Waals surface area contributed by atoms with Gasteiger partial charge in [0.1, 0.15) is 5.75 Å². The highest BCUT2D eigenvalue weighted by Gasteiger charge is 1.96. The molecule has 3 heteroatoms. The van der Waals surface area contributed by atoms with E-state index in [2.05, 4.69) is 0 Å². The largest absolute Gasteiger partial charge is 0.508 e. The van der Waals surface area contributed by atoms with Gasteiger partial charge < -0.3 is 5.11 Å². The van der Waals surface area contributed by atoms with Crippen molar-refractivity contribution in [3.05, 3.63) is 29.8 Å². The van der Waals surface area contributed by atoms with Gasteiger partial charge in [0.25, 0.3) is 0 Å². The molecule has 1 aromatic rings. The summed E-state index contributed by atoms with van der Waals surface area (Å²) in [5, 5.41) is 8.83. The molecule has 0 fully saturated rings. The van der Waals surface area contributed by atoms with Gasteiger partial charge in [0.05, 0.1) is 0 Å². The van der Waals surface area contributed by atoms with Crippen LogP contribution in [0.25, 0.3) is 0 Å². The molecule has 0 aliphatic heterocycles. The summed E-state index contributed by atoms with van der Waals surface area (Å²) in [5.74, 6) is 0.199. The maximum Gasteiger partial charge on any atom is 0.159 e. The Hall–Kier alpha value is -1.02. The quantitative estimate of drug-likeness (QED) is 0.658. The Morgan fingerprint density at radius 2 is 1.73 bits per heavy atom. The molecule has 1 N–H and O–H groups in total. The number of hydrogen-bond acceptors (Lipinski definition) is 2. The molecule has 1 aromatic carbocycles. The lowest BCUT2D eigenvalue weighted by molar-refractivity contribution is 0.101. The third kappa shape index (κ3) is 2.60. The number of aromatic hydroxyl groups is 1. The van der Waals surface area contributed by atoms with Crippen molar-refractivity contribution in [2.45, 2.75) is 6.92 Å². The Morgan fingerprint density at radius 3 is 2.09 bits per heavy atom. The topological polar surface area (TPSA) is 37.3 Å². The van der Waals surface area contributed by atoms with Crippen molar-refractivity contribution in [1.82, 2.24) is 0 Å². The highest BCUT2D eigenvalue weighted by Crippen LogP contribution is 2.09. The van der Waals surface area contributed by atoms with Gasteiger partial charge in [0.15, 0.2) is 5.78 Å². The van der Waals surface area contributed by atoms with Crippen LogP contribution in [0.3, 0.4) is 0 Å². The molecular formula is C8H9ClO2. The molecule has 0 aliphatic rings. The SMILES string of the molecule is CC(=O)c1ccc(O)cc1.Cl. The number of halogens is 1. The highest BCUT2D eigenvalue weighted by atomic mass is 35.5. The van der Waals surface area contributed by atoms with E-state index >= 15 is 0 Å². The zero-order chi connectivity index (χ0) is 7.56. The summed E-state index contributed by atoms with van der Waals surface area (Å²) in [6.45, 7) is 1.49. The number of rotatable bonds is 1. The molecule has 0 unspecified atom stereocenters. The van der Waals surface area contributed by atoms with Gasteiger partial charge in [-0.3, -0.25) is 4.79 Å². The summed E-state index contributed by atoms with van der Waals surface area (Å²) < 4.78 is 0. The van der Waals surface area contributed by atoms with Gasteiger partial charge in [-0.25, -0.2) is 0 Å². The minimum atomic E-state index is 0. The van der Waals surface area contributed by atoms with Crippen molar-refractivity contribution in [1.29, 1.82) is 0 Å². The third-order valence-electron chi connectivity index (χ3n) is 1.27. The van der Waals surface area contributed by atoms with Crippen LogP contribution >= 0.6 is 12.4 Å². The van der Waals surface area contributed by atoms with E-state index in [1.54, 1.807) is 12.1 Å². The zero-order valence-electron chi connectivity index (χ0n) is 6.07. The number of carbonyl (C=O) groups is 1. The minimum absolute atomic E-state index is 0. The van der Waals surface area contributed by atoms with Gasteiger partial charge in [-0.2, -0.15) is 0 Å². The van der Waals surface area contributed by atoms with E-state index in [4.69, 9.17) is 5.11 Å². The van der Waals surface area contributed by atoms with Crippen LogP contribution < -0.4 is 0 Å². The normalized spacial score (nSPS) is 8.45. The first-order valence-corrected chi connectivity index (χ1v) is 3.00. The summed E-state index contributed by atoms with van der Waals surface area (Å²) >= 11 is 0. The van der Waals surface area contributed by atoms with Crippen LogP contribution in [0.5, 0.6) is 5.75 Å². The summed E-state index contributed by atoms with van der Waals surface area (Å²) in [7, 11) is 0. The molecule has 0 spiro atoms. The van der Waals surface area contributed by atoms with Crippen molar-refractivity contribution in [3.8, 4) is 5.75 Å². The number of phenolic OH excluding ortho intramolecular Hbond substituents is 1. The molecule has 1 rings (SSSR count). The maximum atomic E-state index is 10.7. The fraction of sp³-hybridized carbons (Fsp3) is 0.125. The monoisotopic (exact) mass is 172 g/mol. The summed E-state index contributed by atoms with van der Waals surface area (Å²) in [4.78, 5) is 10.7. The number of carbonyl (C=O) groups excluding carboxylic acids is 1. The standard InChI is InChI=1S/C8H8O2.ClH/c1-6(9)7-2-4-8(10)5-3-7;/h2-5,10H,1H3;1H. The Labute approximate surface area is 71.3 Å². The fourth-order valence-electron chi connectivity index (χ4n) is 0.696. The molecule has 11 heavy (non-hydrogen) atoms. The predicted octanol–water partition coefficient (Wildman–Crippen LogP) is 2.02. The summed E-state index contributed by atoms with van der Waals surface area (Å²) in [5.41, 5.74) is 0.623. The lowest BCUT2D eigenvalue weighted by Crippen LogP contribution is -1.89. The van der Waals surface area contributed by atoms with E-state index in [0.29, 0.717) is 5.56 Å². The van der Waals surface area contributed by atoms with Crippen LogP contribution in [0.4, 0.5) is 0 Å². The molecule has 0 bridgehead atoms. The molecule has 0 aromatic heterocycles. The molecule has 0 radical (unpaired) electrons. The van der Waals surface area contributed by atoms with Crippen LogP contribution in [-0.4, -0.2) is 10.9 Å². The summed E-state index contributed by atoms with van der Waals surface area (Å²) in [6.07, 6.45) is 0. The van der Waals surface area contributed by atoms with Gasteiger partial charge >= 0.3 is 0 Å². The van der Waals surface area contributed by atoms with E-state index < -0.39 is 0 Å². The van der Waals surface area contributed by atoms with Crippen molar-refractivity contribution in [3.63, 3.8) is 0 Å². The van der Waals surface area contributed by atoms with Crippen LogP contribution in [-0.2, 0) is 0 Å². The summed E-state index contributed by atoms with van der Waals surface area (Å²) in [6, 6.07) is 6.18. The highest BCUT2D eigenvalue weighted by molar-refractivity contribution is 5.94. The minimum Gasteiger partial charge on any atom is -0.508 e. The number of ketones is 1. The van der Waals surface area contributed by atoms with Gasteiger partial charge in [-0.1, -0.05) is 0 Å². The van der Waals surface area contributed by atoms with Crippen LogP contribution in [0.2, 0.25) is 0 Å². The molecule has 0 saturated carbocycles. The average molecular weight is 173 g/mol. The zero-order valence-corrected chi connectivity index (χ0v) is 6.89. The van der Waals surface area contributed by atoms with Crippen molar-refractivity contribution < 1.29 is 9.90 Å². The fourth-order valence-corrected chi connectivity index (χ4v) is 0.696. The first kappa shape index (κ1) is 9.98. The van der Waals surface area contributed by atoms with Crippen molar-refractivity contribution in [2.75, 3.05) is 0 Å². The first-order chi connectivity index (χ1) is 4.70. The average Bonchev–Trinajstić information content (AvgIpc) is 1.88. The first-order valence-electron chi connectivity index (χ1n) is 3.00. The van der Waals surface area contributed by atoms with Gasteiger partial charge in [-0.15, -0.1) is 12.4 Å². The Morgan fingerprint density at radius 1 is 1.27 bits per heavy atom. The second-order valence-electron chi connectivity index (χ2n) is 2.10. The van der Waals surface area contributed by atoms with E-state index in [-0.39, 0.29) is 23.9 Å². The molecule has 60 valence electrons. The molecule has 0 saturated heterocycles. The van der Waals surface area contributed by atoms with Gasteiger partial charge in [-0.05, 0) is 31.2 Å². The van der Waals surface area contributed by atoms with Crippen LogP contribution in [0.15, 0.2) is 24.3 Å². The predicted molar refractivity (Wildman–Crippen MR) is 45.4 cm³/mol.